The number of aliphatic carboxylic acids is 1. The lowest BCUT2D eigenvalue weighted by Crippen LogP contribution is -2.14. The van der Waals surface area contributed by atoms with Gasteiger partial charge in [-0.05, 0) is 35.9 Å². The molecule has 4 N–H and O–H groups in total. The van der Waals surface area contributed by atoms with Crippen molar-refractivity contribution in [2.45, 2.75) is 6.42 Å². The van der Waals surface area contributed by atoms with E-state index in [4.69, 9.17) is 10.8 Å². The van der Waals surface area contributed by atoms with Gasteiger partial charge in [0.1, 0.15) is 0 Å². The summed E-state index contributed by atoms with van der Waals surface area (Å²) in [6.07, 6.45) is -0.0931. The van der Waals surface area contributed by atoms with E-state index in [0.29, 0.717) is 22.5 Å². The van der Waals surface area contributed by atoms with Crippen LogP contribution in [0.1, 0.15) is 15.9 Å². The third-order valence-corrected chi connectivity index (χ3v) is 3.29. The van der Waals surface area contributed by atoms with Crippen LogP contribution in [0.4, 0.5) is 11.4 Å². The molecular weight excluding hydrogens is 336 g/mol. The molecule has 0 aromatic heterocycles. The average molecular weight is 349 g/mol. The first-order valence-corrected chi connectivity index (χ1v) is 6.92. The van der Waals surface area contributed by atoms with Crippen molar-refractivity contribution in [1.82, 2.24) is 0 Å². The number of amides is 1. The van der Waals surface area contributed by atoms with E-state index >= 15 is 0 Å². The number of nitrogen functional groups attached to an aromatic ring is 1. The van der Waals surface area contributed by atoms with E-state index in [0.717, 1.165) is 4.47 Å². The number of carbonyl (C=O) groups is 2. The number of hydrogen-bond acceptors (Lipinski definition) is 3. The molecule has 0 radical (unpaired) electrons. The Morgan fingerprint density at radius 2 is 1.95 bits per heavy atom. The zero-order valence-electron chi connectivity index (χ0n) is 11.0. The number of nitrogens with one attached hydrogen (secondary N) is 1. The van der Waals surface area contributed by atoms with Gasteiger partial charge < -0.3 is 16.2 Å². The molecule has 0 spiro atoms. The van der Waals surface area contributed by atoms with Crippen molar-refractivity contribution in [2.75, 3.05) is 11.1 Å². The minimum Gasteiger partial charge on any atom is -0.481 e. The van der Waals surface area contributed by atoms with Crippen LogP contribution in [0.15, 0.2) is 46.9 Å². The Bertz CT molecular complexity index is 701. The normalized spacial score (nSPS) is 10.1. The van der Waals surface area contributed by atoms with Crippen LogP contribution in [-0.4, -0.2) is 17.0 Å². The highest BCUT2D eigenvalue weighted by Gasteiger charge is 2.10. The van der Waals surface area contributed by atoms with Crippen molar-refractivity contribution in [2.24, 2.45) is 0 Å². The van der Waals surface area contributed by atoms with Crippen LogP contribution in [0, 0.1) is 0 Å². The second-order valence-electron chi connectivity index (χ2n) is 4.46. The van der Waals surface area contributed by atoms with Gasteiger partial charge in [0.15, 0.2) is 0 Å². The summed E-state index contributed by atoms with van der Waals surface area (Å²) in [5.74, 6) is -1.26. The molecule has 1 amide bonds. The third-order valence-electron chi connectivity index (χ3n) is 2.80. The number of anilines is 2. The van der Waals surface area contributed by atoms with Gasteiger partial charge in [-0.3, -0.25) is 9.59 Å². The van der Waals surface area contributed by atoms with Crippen molar-refractivity contribution in [3.63, 3.8) is 0 Å². The molecule has 0 fully saturated rings. The molecule has 0 aliphatic carbocycles. The monoisotopic (exact) mass is 348 g/mol. The van der Waals surface area contributed by atoms with Crippen molar-refractivity contribution in [1.29, 1.82) is 0 Å². The number of carboxylic acid groups (broad SMARTS) is 1. The highest BCUT2D eigenvalue weighted by Crippen LogP contribution is 2.20. The number of carbonyl (C=O) groups excluding carboxylic acids is 1. The van der Waals surface area contributed by atoms with Gasteiger partial charge in [0.25, 0.3) is 5.91 Å². The molecule has 0 heterocycles. The van der Waals surface area contributed by atoms with Crippen LogP contribution in [0.3, 0.4) is 0 Å². The van der Waals surface area contributed by atoms with Gasteiger partial charge in [-0.1, -0.05) is 28.1 Å². The highest BCUT2D eigenvalue weighted by atomic mass is 79.9. The van der Waals surface area contributed by atoms with Crippen molar-refractivity contribution >= 4 is 39.2 Å². The maximum atomic E-state index is 12.2. The zero-order valence-corrected chi connectivity index (χ0v) is 12.6. The lowest BCUT2D eigenvalue weighted by atomic mass is 10.1. The second-order valence-corrected chi connectivity index (χ2v) is 5.37. The first-order valence-electron chi connectivity index (χ1n) is 6.13. The van der Waals surface area contributed by atoms with E-state index in [1.807, 2.05) is 0 Å². The van der Waals surface area contributed by atoms with Gasteiger partial charge in [0, 0.05) is 15.8 Å². The maximum absolute atomic E-state index is 12.2. The van der Waals surface area contributed by atoms with Crippen LogP contribution in [0.2, 0.25) is 0 Å². The summed E-state index contributed by atoms with van der Waals surface area (Å²) in [6.45, 7) is 0. The molecule has 21 heavy (non-hydrogen) atoms. The van der Waals surface area contributed by atoms with Crippen LogP contribution >= 0.6 is 15.9 Å². The molecule has 108 valence electrons. The van der Waals surface area contributed by atoms with Crippen LogP contribution in [-0.2, 0) is 11.2 Å². The van der Waals surface area contributed by atoms with Gasteiger partial charge >= 0.3 is 5.97 Å². The number of nitrogens with two attached hydrogens (primary N) is 1. The quantitative estimate of drug-likeness (QED) is 0.740. The fourth-order valence-electron chi connectivity index (χ4n) is 1.87. The predicted octanol–water partition coefficient (Wildman–Crippen LogP) is 2.91. The molecule has 0 unspecified atom stereocenters. The lowest BCUT2D eigenvalue weighted by Gasteiger charge is -2.09. The van der Waals surface area contributed by atoms with E-state index in [-0.39, 0.29) is 12.3 Å². The standard InChI is InChI=1S/C15H13BrN2O3/c16-10-4-5-12(13(17)8-10)15(21)18-11-3-1-2-9(6-11)7-14(19)20/h1-6,8H,7,17H2,(H,18,21)(H,19,20). The molecule has 0 aliphatic rings. The number of hydrogen-bond donors (Lipinski definition) is 3. The SMILES string of the molecule is Nc1cc(Br)ccc1C(=O)Nc1cccc(CC(=O)O)c1. The molecule has 2 aromatic rings. The number of benzene rings is 2. The third kappa shape index (κ3) is 4.06. The summed E-state index contributed by atoms with van der Waals surface area (Å²) in [7, 11) is 0. The zero-order chi connectivity index (χ0) is 15.4. The van der Waals surface area contributed by atoms with Gasteiger partial charge in [-0.15, -0.1) is 0 Å². The molecule has 0 saturated heterocycles. The minimum atomic E-state index is -0.921. The van der Waals surface area contributed by atoms with E-state index in [1.165, 1.54) is 0 Å². The smallest absolute Gasteiger partial charge is 0.307 e. The summed E-state index contributed by atoms with van der Waals surface area (Å²) in [5, 5.41) is 11.5. The molecular formula is C15H13BrN2O3. The molecule has 0 saturated carbocycles. The molecule has 2 aromatic carbocycles. The van der Waals surface area contributed by atoms with Crippen molar-refractivity contribution < 1.29 is 14.7 Å². The van der Waals surface area contributed by atoms with Crippen molar-refractivity contribution in [3.8, 4) is 0 Å². The molecule has 5 nitrogen and oxygen atoms in total. The summed E-state index contributed by atoms with van der Waals surface area (Å²) in [5.41, 5.74) is 7.67. The Morgan fingerprint density at radius 1 is 1.19 bits per heavy atom. The number of rotatable bonds is 4. The Hall–Kier alpha value is -2.34. The largest absolute Gasteiger partial charge is 0.481 e. The number of halogens is 1. The fourth-order valence-corrected chi connectivity index (χ4v) is 2.25. The molecule has 0 atom stereocenters. The summed E-state index contributed by atoms with van der Waals surface area (Å²) < 4.78 is 0.792. The van der Waals surface area contributed by atoms with Crippen LogP contribution in [0.25, 0.3) is 0 Å². The van der Waals surface area contributed by atoms with Crippen molar-refractivity contribution in [3.05, 3.63) is 58.1 Å². The van der Waals surface area contributed by atoms with Crippen LogP contribution in [0.5, 0.6) is 0 Å². The van der Waals surface area contributed by atoms with Gasteiger partial charge in [-0.2, -0.15) is 0 Å². The number of carboxylic acids is 1. The fraction of sp³-hybridized carbons (Fsp3) is 0.0667. The highest BCUT2D eigenvalue weighted by molar-refractivity contribution is 9.10. The van der Waals surface area contributed by atoms with Gasteiger partial charge in [-0.25, -0.2) is 0 Å². The maximum Gasteiger partial charge on any atom is 0.307 e. The molecule has 2 rings (SSSR count). The van der Waals surface area contributed by atoms with Crippen LogP contribution < -0.4 is 11.1 Å². The minimum absolute atomic E-state index is 0.0931. The average Bonchev–Trinajstić information content (AvgIpc) is 2.37. The molecule has 0 aliphatic heterocycles. The van der Waals surface area contributed by atoms with E-state index < -0.39 is 5.97 Å². The topological polar surface area (TPSA) is 92.4 Å². The first-order chi connectivity index (χ1) is 9.95. The van der Waals surface area contributed by atoms with E-state index in [1.54, 1.807) is 42.5 Å². The summed E-state index contributed by atoms with van der Waals surface area (Å²) in [6, 6.07) is 11.7. The van der Waals surface area contributed by atoms with E-state index in [9.17, 15) is 9.59 Å². The predicted molar refractivity (Wildman–Crippen MR) is 84.3 cm³/mol. The van der Waals surface area contributed by atoms with E-state index in [2.05, 4.69) is 21.2 Å². The Labute approximate surface area is 129 Å². The molecule has 0 bridgehead atoms. The van der Waals surface area contributed by atoms with Gasteiger partial charge in [0.05, 0.1) is 12.0 Å². The molecule has 6 heteroatoms. The first kappa shape index (κ1) is 15.1. The second kappa shape index (κ2) is 6.41. The summed E-state index contributed by atoms with van der Waals surface area (Å²) >= 11 is 3.28. The Kier molecular flexibility index (Phi) is 4.59. The Balaban J connectivity index is 2.17. The Morgan fingerprint density at radius 3 is 2.62 bits per heavy atom. The lowest BCUT2D eigenvalue weighted by molar-refractivity contribution is -0.136. The van der Waals surface area contributed by atoms with Gasteiger partial charge in [0.2, 0.25) is 0 Å². The summed E-state index contributed by atoms with van der Waals surface area (Å²) in [4.78, 5) is 22.8.